The van der Waals surface area contributed by atoms with Crippen LogP contribution in [0.4, 0.5) is 10.5 Å². The minimum atomic E-state index is -0.447. The molecule has 0 aliphatic carbocycles. The van der Waals surface area contributed by atoms with Crippen molar-refractivity contribution in [1.29, 1.82) is 0 Å². The van der Waals surface area contributed by atoms with Crippen LogP contribution in [0.2, 0.25) is 10.0 Å². The number of piperidine rings is 1. The first-order valence-electron chi connectivity index (χ1n) is 9.65. The molecule has 0 spiro atoms. The highest BCUT2D eigenvalue weighted by atomic mass is 35.5. The van der Waals surface area contributed by atoms with E-state index in [4.69, 9.17) is 23.2 Å². The zero-order valence-corrected chi connectivity index (χ0v) is 17.3. The van der Waals surface area contributed by atoms with Gasteiger partial charge in [0.05, 0.1) is 16.6 Å². The largest absolute Gasteiger partial charge is 0.372 e. The summed E-state index contributed by atoms with van der Waals surface area (Å²) in [5, 5.41) is 3.48. The highest BCUT2D eigenvalue weighted by Crippen LogP contribution is 2.25. The Hall–Kier alpha value is -2.50. The number of urea groups is 1. The van der Waals surface area contributed by atoms with Crippen molar-refractivity contribution in [3.63, 3.8) is 0 Å². The van der Waals surface area contributed by atoms with Gasteiger partial charge < -0.3 is 10.2 Å². The van der Waals surface area contributed by atoms with Gasteiger partial charge in [0.1, 0.15) is 5.70 Å². The minimum absolute atomic E-state index is 0.132. The van der Waals surface area contributed by atoms with Gasteiger partial charge in [0.2, 0.25) is 0 Å². The summed E-state index contributed by atoms with van der Waals surface area (Å²) >= 11 is 12.0. The molecule has 3 amide bonds. The van der Waals surface area contributed by atoms with Crippen molar-refractivity contribution in [2.24, 2.45) is 0 Å². The summed E-state index contributed by atoms with van der Waals surface area (Å²) in [6.45, 7) is 2.30. The smallest absolute Gasteiger partial charge is 0.329 e. The topological polar surface area (TPSA) is 52.7 Å². The highest BCUT2D eigenvalue weighted by Gasteiger charge is 2.33. The maximum atomic E-state index is 12.7. The van der Waals surface area contributed by atoms with Crippen LogP contribution in [0.15, 0.2) is 48.2 Å². The Labute approximate surface area is 179 Å². The lowest BCUT2D eigenvalue weighted by molar-refractivity contribution is -0.123. The maximum Gasteiger partial charge on any atom is 0.329 e. The van der Waals surface area contributed by atoms with Crippen LogP contribution in [0.1, 0.15) is 30.4 Å². The Morgan fingerprint density at radius 3 is 2.34 bits per heavy atom. The fourth-order valence-electron chi connectivity index (χ4n) is 3.64. The van der Waals surface area contributed by atoms with Gasteiger partial charge in [0.25, 0.3) is 5.91 Å². The number of nitrogens with one attached hydrogen (secondary N) is 1. The van der Waals surface area contributed by atoms with Gasteiger partial charge in [-0.15, -0.1) is 0 Å². The molecule has 29 heavy (non-hydrogen) atoms. The molecule has 4 rings (SSSR count). The second-order valence-corrected chi connectivity index (χ2v) is 8.08. The van der Waals surface area contributed by atoms with Gasteiger partial charge in [-0.05, 0) is 60.7 Å². The average Bonchev–Trinajstić information content (AvgIpc) is 2.99. The van der Waals surface area contributed by atoms with Crippen molar-refractivity contribution in [1.82, 2.24) is 10.2 Å². The van der Waals surface area contributed by atoms with Gasteiger partial charge in [-0.2, -0.15) is 0 Å². The van der Waals surface area contributed by atoms with Gasteiger partial charge in [-0.1, -0.05) is 41.4 Å². The van der Waals surface area contributed by atoms with Crippen LogP contribution >= 0.6 is 23.2 Å². The quantitative estimate of drug-likeness (QED) is 0.544. The number of nitrogens with zero attached hydrogens (tertiary/aromatic N) is 2. The van der Waals surface area contributed by atoms with E-state index in [1.54, 1.807) is 24.3 Å². The van der Waals surface area contributed by atoms with Crippen molar-refractivity contribution < 1.29 is 9.59 Å². The monoisotopic (exact) mass is 429 g/mol. The third kappa shape index (κ3) is 4.41. The van der Waals surface area contributed by atoms with Crippen molar-refractivity contribution in [2.45, 2.75) is 25.8 Å². The van der Waals surface area contributed by atoms with Gasteiger partial charge >= 0.3 is 6.03 Å². The molecule has 0 aromatic heterocycles. The van der Waals surface area contributed by atoms with Crippen LogP contribution in [0.25, 0.3) is 6.08 Å². The Morgan fingerprint density at radius 1 is 0.931 bits per heavy atom. The van der Waals surface area contributed by atoms with Gasteiger partial charge in [-0.3, -0.25) is 9.69 Å². The Balaban J connectivity index is 1.47. The van der Waals surface area contributed by atoms with E-state index in [9.17, 15) is 9.59 Å². The fraction of sp³-hybridized carbons (Fsp3) is 0.273. The maximum absolute atomic E-state index is 12.7. The number of hydrogen-bond acceptors (Lipinski definition) is 3. The molecular formula is C22H21Cl2N3O2. The van der Waals surface area contributed by atoms with Crippen LogP contribution in [-0.4, -0.2) is 29.9 Å². The summed E-state index contributed by atoms with van der Waals surface area (Å²) < 4.78 is 0. The zero-order valence-electron chi connectivity index (χ0n) is 15.8. The van der Waals surface area contributed by atoms with E-state index in [1.807, 2.05) is 12.1 Å². The molecule has 150 valence electrons. The molecule has 7 heteroatoms. The Kier molecular flexibility index (Phi) is 5.79. The number of amides is 3. The molecule has 0 unspecified atom stereocenters. The molecule has 0 bridgehead atoms. The molecule has 5 nitrogen and oxygen atoms in total. The Bertz CT molecular complexity index is 967. The Morgan fingerprint density at radius 2 is 1.66 bits per heavy atom. The van der Waals surface area contributed by atoms with Crippen molar-refractivity contribution >= 4 is 46.9 Å². The number of carbonyl (C=O) groups excluding carboxylic acids is 2. The number of halogens is 2. The van der Waals surface area contributed by atoms with Crippen LogP contribution in [0.5, 0.6) is 0 Å². The number of carbonyl (C=O) groups is 2. The molecule has 2 fully saturated rings. The summed E-state index contributed by atoms with van der Waals surface area (Å²) in [6, 6.07) is 12.7. The van der Waals surface area contributed by atoms with Gasteiger partial charge in [0, 0.05) is 18.8 Å². The number of imide groups is 1. The predicted octanol–water partition coefficient (Wildman–Crippen LogP) is 5.08. The van der Waals surface area contributed by atoms with E-state index >= 15 is 0 Å². The second-order valence-electron chi connectivity index (χ2n) is 7.27. The lowest BCUT2D eigenvalue weighted by Crippen LogP contribution is -2.30. The molecule has 2 aromatic carbocycles. The minimum Gasteiger partial charge on any atom is -0.372 e. The van der Waals surface area contributed by atoms with E-state index in [0.29, 0.717) is 10.0 Å². The molecule has 2 aliphatic heterocycles. The lowest BCUT2D eigenvalue weighted by atomic mass is 10.1. The van der Waals surface area contributed by atoms with E-state index < -0.39 is 6.03 Å². The van der Waals surface area contributed by atoms with Crippen LogP contribution in [0, 0.1) is 0 Å². The normalized spacial score (nSPS) is 18.5. The molecule has 2 heterocycles. The second kappa shape index (κ2) is 8.47. The van der Waals surface area contributed by atoms with E-state index in [2.05, 4.69) is 22.3 Å². The number of hydrogen-bond donors (Lipinski definition) is 1. The number of rotatable bonds is 4. The average molecular weight is 430 g/mol. The summed E-state index contributed by atoms with van der Waals surface area (Å²) in [5.41, 5.74) is 3.05. The van der Waals surface area contributed by atoms with Crippen molar-refractivity contribution in [3.05, 3.63) is 69.3 Å². The third-order valence-electron chi connectivity index (χ3n) is 5.21. The molecule has 0 saturated carbocycles. The highest BCUT2D eigenvalue weighted by molar-refractivity contribution is 6.42. The molecule has 0 atom stereocenters. The summed E-state index contributed by atoms with van der Waals surface area (Å²) in [5.74, 6) is -0.360. The molecular weight excluding hydrogens is 409 g/mol. The predicted molar refractivity (Wildman–Crippen MR) is 116 cm³/mol. The first-order valence-corrected chi connectivity index (χ1v) is 10.4. The summed E-state index contributed by atoms with van der Waals surface area (Å²) in [4.78, 5) is 28.5. The standard InChI is InChI=1S/C22H21Cl2N3O2/c23-18-9-6-16(12-19(18)24)14-27-21(28)20(25-22(27)29)13-15-4-7-17(8-5-15)26-10-2-1-3-11-26/h4-9,12-13H,1-3,10-11,14H2,(H,25,29)/b20-13-. The zero-order chi connectivity index (χ0) is 20.4. The van der Waals surface area contributed by atoms with E-state index in [1.165, 1.54) is 24.9 Å². The van der Waals surface area contributed by atoms with Gasteiger partial charge in [0.15, 0.2) is 0 Å². The third-order valence-corrected chi connectivity index (χ3v) is 5.95. The van der Waals surface area contributed by atoms with Crippen molar-refractivity contribution in [3.8, 4) is 0 Å². The van der Waals surface area contributed by atoms with Crippen LogP contribution < -0.4 is 10.2 Å². The molecule has 2 aliphatic rings. The molecule has 0 radical (unpaired) electrons. The first kappa shape index (κ1) is 19.8. The molecule has 2 saturated heterocycles. The first-order chi connectivity index (χ1) is 14.0. The summed E-state index contributed by atoms with van der Waals surface area (Å²) in [6.07, 6.45) is 5.44. The fourth-order valence-corrected chi connectivity index (χ4v) is 3.96. The van der Waals surface area contributed by atoms with E-state index in [0.717, 1.165) is 29.1 Å². The van der Waals surface area contributed by atoms with Gasteiger partial charge in [-0.25, -0.2) is 4.79 Å². The van der Waals surface area contributed by atoms with E-state index in [-0.39, 0.29) is 18.1 Å². The number of anilines is 1. The van der Waals surface area contributed by atoms with Crippen LogP contribution in [0.3, 0.4) is 0 Å². The van der Waals surface area contributed by atoms with Crippen LogP contribution in [-0.2, 0) is 11.3 Å². The lowest BCUT2D eigenvalue weighted by Gasteiger charge is -2.28. The number of benzene rings is 2. The SMILES string of the molecule is O=C1N/C(=C\c2ccc(N3CCCCC3)cc2)C(=O)N1Cc1ccc(Cl)c(Cl)c1. The summed E-state index contributed by atoms with van der Waals surface area (Å²) in [7, 11) is 0. The molecule has 2 aromatic rings. The van der Waals surface area contributed by atoms with Crippen molar-refractivity contribution in [2.75, 3.05) is 18.0 Å². The molecule has 1 N–H and O–H groups in total.